The number of fused-ring (bicyclic) bond motifs is 7. The highest BCUT2D eigenvalue weighted by atomic mass is 16.8. The summed E-state index contributed by atoms with van der Waals surface area (Å²) in [5, 5.41) is 174. The Morgan fingerprint density at radius 2 is 1.14 bits per heavy atom. The largest absolute Gasteiger partial charge is 0.432 e. The van der Waals surface area contributed by atoms with E-state index in [9.17, 15) is 81.7 Å². The molecule has 33 atom stereocenters. The van der Waals surface area contributed by atoms with Crippen LogP contribution in [0.1, 0.15) is 113 Å². The van der Waals surface area contributed by atoms with Gasteiger partial charge >= 0.3 is 5.97 Å². The molecule has 0 aromatic carbocycles. The molecule has 5 saturated heterocycles. The summed E-state index contributed by atoms with van der Waals surface area (Å²) in [6, 6.07) is 0. The highest BCUT2D eigenvalue weighted by Gasteiger charge is 2.72. The number of rotatable bonds is 13. The molecule has 0 unspecified atom stereocenters. The minimum Gasteiger partial charge on any atom is -0.432 e. The smallest absolute Gasteiger partial charge is 0.317 e. The third-order valence-electron chi connectivity index (χ3n) is 23.1. The van der Waals surface area contributed by atoms with Crippen LogP contribution in [0.3, 0.4) is 0 Å². The van der Waals surface area contributed by atoms with E-state index in [2.05, 4.69) is 54.5 Å². The molecule has 27 nitrogen and oxygen atoms in total. The van der Waals surface area contributed by atoms with E-state index in [4.69, 9.17) is 47.4 Å². The molecule has 5 heterocycles. The molecule has 0 bridgehead atoms. The summed E-state index contributed by atoms with van der Waals surface area (Å²) in [6.07, 6.45) is -33.5. The van der Waals surface area contributed by atoms with Crippen molar-refractivity contribution in [3.05, 3.63) is 11.6 Å². The zero-order valence-corrected chi connectivity index (χ0v) is 50.2. The van der Waals surface area contributed by atoms with Crippen LogP contribution in [0.4, 0.5) is 0 Å². The van der Waals surface area contributed by atoms with Crippen molar-refractivity contribution in [1.29, 1.82) is 0 Å². The molecule has 5 aliphatic carbocycles. The van der Waals surface area contributed by atoms with E-state index in [0.29, 0.717) is 25.7 Å². The molecule has 10 aliphatic rings. The Balaban J connectivity index is 0.825. The molecule has 5 aliphatic heterocycles. The second-order valence-electron chi connectivity index (χ2n) is 28.8. The Hall–Kier alpha value is -1.79. The lowest BCUT2D eigenvalue weighted by Crippen LogP contribution is -2.68. The van der Waals surface area contributed by atoms with Gasteiger partial charge < -0.3 is 129 Å². The first kappa shape index (κ1) is 67.1. The third-order valence-corrected chi connectivity index (χ3v) is 23.1. The van der Waals surface area contributed by atoms with Gasteiger partial charge in [0.15, 0.2) is 25.2 Å². The molecule has 0 radical (unpaired) electrons. The molecule has 0 aromatic heterocycles. The summed E-state index contributed by atoms with van der Waals surface area (Å²) in [5.74, 6) is -1.20. The first-order valence-corrected chi connectivity index (χ1v) is 30.7. The number of carbonyl (C=O) groups is 1. The van der Waals surface area contributed by atoms with Crippen molar-refractivity contribution in [2.24, 2.45) is 50.2 Å². The quantitative estimate of drug-likeness (QED) is 0.0482. The van der Waals surface area contributed by atoms with Crippen LogP contribution >= 0.6 is 0 Å². The molecule has 86 heavy (non-hydrogen) atoms. The molecule has 494 valence electrons. The number of ether oxygens (including phenoxy) is 10. The van der Waals surface area contributed by atoms with Crippen molar-refractivity contribution >= 4 is 5.97 Å². The minimum atomic E-state index is -1.97. The van der Waals surface area contributed by atoms with Crippen LogP contribution in [-0.4, -0.2) is 274 Å². The van der Waals surface area contributed by atoms with Crippen molar-refractivity contribution in [2.45, 2.75) is 273 Å². The van der Waals surface area contributed by atoms with Crippen molar-refractivity contribution < 1.29 is 134 Å². The maximum absolute atomic E-state index is 15.3. The number of carbonyl (C=O) groups excluding carboxylic acids is 1. The summed E-state index contributed by atoms with van der Waals surface area (Å²) in [6.45, 7) is 14.3. The number of hydrogen-bond donors (Lipinski definition) is 16. The van der Waals surface area contributed by atoms with Crippen LogP contribution in [0.5, 0.6) is 0 Å². The average Bonchev–Trinajstić information content (AvgIpc) is 0.676. The molecule has 9 fully saturated rings. The molecule has 0 spiro atoms. The van der Waals surface area contributed by atoms with E-state index >= 15 is 4.79 Å². The minimum absolute atomic E-state index is 0.0885. The van der Waals surface area contributed by atoms with Crippen LogP contribution in [0.15, 0.2) is 11.6 Å². The summed E-state index contributed by atoms with van der Waals surface area (Å²) in [5.41, 5.74) is -2.55. The van der Waals surface area contributed by atoms with E-state index < -0.39 is 213 Å². The lowest BCUT2D eigenvalue weighted by Gasteiger charge is -2.71. The predicted octanol–water partition coefficient (Wildman–Crippen LogP) is -3.57. The second-order valence-corrected chi connectivity index (χ2v) is 28.8. The zero-order chi connectivity index (χ0) is 62.9. The fourth-order valence-electron chi connectivity index (χ4n) is 17.7. The molecular formula is C59H96O27. The van der Waals surface area contributed by atoms with Gasteiger partial charge in [0.25, 0.3) is 0 Å². The van der Waals surface area contributed by atoms with Gasteiger partial charge in [-0.25, -0.2) is 0 Å². The number of aliphatic hydroxyl groups is 16. The number of esters is 1. The third kappa shape index (κ3) is 11.1. The van der Waals surface area contributed by atoms with Crippen molar-refractivity contribution in [2.75, 3.05) is 26.4 Å². The fraction of sp³-hybridized carbons (Fsp3) is 0.949. The van der Waals surface area contributed by atoms with Gasteiger partial charge in [0.05, 0.1) is 44.7 Å². The Labute approximate surface area is 499 Å². The molecule has 10 rings (SSSR count). The van der Waals surface area contributed by atoms with Gasteiger partial charge in [-0.2, -0.15) is 0 Å². The molecule has 0 aromatic rings. The molecule has 27 heteroatoms. The molecular weight excluding hydrogens is 1140 g/mol. The van der Waals surface area contributed by atoms with Gasteiger partial charge in [-0.3, -0.25) is 4.79 Å². The van der Waals surface area contributed by atoms with Crippen LogP contribution in [0.2, 0.25) is 0 Å². The first-order valence-electron chi connectivity index (χ1n) is 30.7. The highest BCUT2D eigenvalue weighted by molar-refractivity contribution is 5.80. The normalized spacial score (nSPS) is 54.5. The van der Waals surface area contributed by atoms with E-state index in [1.807, 2.05) is 0 Å². The Bertz CT molecular complexity index is 2400. The van der Waals surface area contributed by atoms with Gasteiger partial charge in [0, 0.05) is 0 Å². The van der Waals surface area contributed by atoms with Gasteiger partial charge in [0.1, 0.15) is 115 Å². The SMILES string of the molecule is C[C@@H]1O[C@@H](O[C@H]2[C@H](O)[C@@H](O)[C@H](OC[C@H]3O[C@@H](OC(=O)[C@]45CCC(C)(C)C[C@H]4C4=CC[C@@H]6[C@@]7(C)CC[C@H](O[C@@H]8OC[C@H](O)[C@H](O[C@@H]9O[C@H](CO)[C@@H](O)[C@H](O)[C@H]9O)[C@H]8O)C(C)(C)[C@@H]7CC[C@@]6(C)[C@]4(C)C[C@H]5O)[C@H](O)[C@@H](O)[C@@H]3O)O[C@@H]2CO)[C@H](O)[C@H](O)[C@H]1O. The van der Waals surface area contributed by atoms with Crippen molar-refractivity contribution in [3.63, 3.8) is 0 Å². The van der Waals surface area contributed by atoms with Gasteiger partial charge in [0.2, 0.25) is 6.29 Å². The van der Waals surface area contributed by atoms with Crippen molar-refractivity contribution in [1.82, 2.24) is 0 Å². The molecule has 0 amide bonds. The summed E-state index contributed by atoms with van der Waals surface area (Å²) in [7, 11) is 0. The van der Waals surface area contributed by atoms with E-state index in [1.54, 1.807) is 0 Å². The molecule has 4 saturated carbocycles. The average molecular weight is 1240 g/mol. The first-order chi connectivity index (χ1) is 40.2. The number of hydrogen-bond acceptors (Lipinski definition) is 27. The van der Waals surface area contributed by atoms with Crippen molar-refractivity contribution in [3.8, 4) is 0 Å². The van der Waals surface area contributed by atoms with E-state index in [1.165, 1.54) is 6.92 Å². The van der Waals surface area contributed by atoms with E-state index in [-0.39, 0.29) is 42.1 Å². The maximum Gasteiger partial charge on any atom is 0.317 e. The fourth-order valence-corrected chi connectivity index (χ4v) is 17.7. The van der Waals surface area contributed by atoms with Gasteiger partial charge in [-0.1, -0.05) is 60.1 Å². The van der Waals surface area contributed by atoms with E-state index in [0.717, 1.165) is 24.8 Å². The maximum atomic E-state index is 15.3. The van der Waals surface area contributed by atoms with Crippen LogP contribution in [0, 0.1) is 50.2 Å². The Morgan fingerprint density at radius 3 is 1.80 bits per heavy atom. The number of allylic oxidation sites excluding steroid dienone is 2. The predicted molar refractivity (Wildman–Crippen MR) is 289 cm³/mol. The monoisotopic (exact) mass is 1240 g/mol. The standard InChI is InChI=1S/C59H96O27/c1-23-34(64)37(67)41(71)50(79-23)85-47-28(20-61)81-48(44(74)40(47)70)78-22-29-36(66)39(69)43(73)52(82-29)86-53(76)59-16-15-54(2,3)17-25(59)24-9-10-31-56(6)13-12-33(55(4,5)30(56)11-14-57(31,7)58(24,8)18-32(59)63)83-49-45(75)46(26(62)21-77-49)84-51-42(72)38(68)35(65)27(19-60)80-51/h9,23,25-52,60-75H,10-22H2,1-8H3/t23-,25-,26-,27+,28+,29+,30-,31+,32+,33-,34-,35+,36+,37+,38-,39-,40+,41+,42+,43+,44+,45+,46-,47+,48+,49-,50-,51-,52-,56-,57+,58+,59+/m0/s1. The Morgan fingerprint density at radius 1 is 0.558 bits per heavy atom. The highest BCUT2D eigenvalue weighted by Crippen LogP contribution is 2.76. The number of aliphatic hydroxyl groups excluding tert-OH is 16. The lowest BCUT2D eigenvalue weighted by atomic mass is 9.33. The summed E-state index contributed by atoms with van der Waals surface area (Å²) in [4.78, 5) is 15.3. The second kappa shape index (κ2) is 24.6. The van der Waals surface area contributed by atoms with Crippen LogP contribution < -0.4 is 0 Å². The van der Waals surface area contributed by atoms with Crippen LogP contribution in [0.25, 0.3) is 0 Å². The topological polar surface area (TPSA) is 433 Å². The lowest BCUT2D eigenvalue weighted by molar-refractivity contribution is -0.361. The summed E-state index contributed by atoms with van der Waals surface area (Å²) >= 11 is 0. The Kier molecular flexibility index (Phi) is 19.2. The van der Waals surface area contributed by atoms with Gasteiger partial charge in [-0.15, -0.1) is 0 Å². The van der Waals surface area contributed by atoms with Crippen LogP contribution in [-0.2, 0) is 52.2 Å². The summed E-state index contributed by atoms with van der Waals surface area (Å²) < 4.78 is 58.7. The molecule has 16 N–H and O–H groups in total. The van der Waals surface area contributed by atoms with Gasteiger partial charge in [-0.05, 0) is 110 Å². The zero-order valence-electron chi connectivity index (χ0n) is 50.2.